The number of nitrogens with zero attached hydrogens (tertiary/aromatic N) is 1. The first-order valence-corrected chi connectivity index (χ1v) is 5.01. The Bertz CT molecular complexity index is 197. The highest BCUT2D eigenvalue weighted by Crippen LogP contribution is 2.21. The Labute approximate surface area is 80.5 Å². The maximum Gasteiger partial charge on any atom is 0.317 e. The van der Waals surface area contributed by atoms with E-state index in [9.17, 15) is 4.79 Å². The topological polar surface area (TPSA) is 32.3 Å². The van der Waals surface area contributed by atoms with E-state index in [-0.39, 0.29) is 11.6 Å². The largest absolute Gasteiger partial charge is 0.335 e. The number of rotatable bonds is 3. The molecule has 13 heavy (non-hydrogen) atoms. The lowest BCUT2D eigenvalue weighted by Crippen LogP contribution is -2.49. The molecule has 0 heterocycles. The van der Waals surface area contributed by atoms with Crippen molar-refractivity contribution in [2.75, 3.05) is 7.05 Å². The molecule has 0 unspecified atom stereocenters. The monoisotopic (exact) mass is 184 g/mol. The highest BCUT2D eigenvalue weighted by molar-refractivity contribution is 5.75. The van der Waals surface area contributed by atoms with Crippen LogP contribution in [0.3, 0.4) is 0 Å². The van der Waals surface area contributed by atoms with E-state index in [1.807, 2.05) is 7.05 Å². The van der Waals surface area contributed by atoms with Crippen molar-refractivity contribution in [3.63, 3.8) is 0 Å². The van der Waals surface area contributed by atoms with E-state index in [4.69, 9.17) is 0 Å². The van der Waals surface area contributed by atoms with E-state index in [1.54, 1.807) is 4.90 Å². The smallest absolute Gasteiger partial charge is 0.317 e. The van der Waals surface area contributed by atoms with Crippen molar-refractivity contribution in [2.24, 2.45) is 0 Å². The molecule has 2 amide bonds. The fourth-order valence-corrected chi connectivity index (χ4v) is 1.01. The summed E-state index contributed by atoms with van der Waals surface area (Å²) in [5, 5.41) is 2.98. The molecule has 0 saturated heterocycles. The molecule has 1 fully saturated rings. The van der Waals surface area contributed by atoms with E-state index in [0.29, 0.717) is 6.04 Å². The lowest BCUT2D eigenvalue weighted by Gasteiger charge is -2.34. The predicted octanol–water partition coefficient (Wildman–Crippen LogP) is 1.98. The Morgan fingerprint density at radius 3 is 2.46 bits per heavy atom. The molecular formula is C10H20N2O. The molecule has 0 aliphatic heterocycles. The second-order valence-corrected chi connectivity index (χ2v) is 4.45. The second kappa shape index (κ2) is 3.56. The normalized spacial score (nSPS) is 16.9. The zero-order valence-electron chi connectivity index (χ0n) is 9.05. The summed E-state index contributed by atoms with van der Waals surface area (Å²) in [6.45, 7) is 6.26. The van der Waals surface area contributed by atoms with E-state index < -0.39 is 0 Å². The van der Waals surface area contributed by atoms with Gasteiger partial charge in [-0.2, -0.15) is 0 Å². The van der Waals surface area contributed by atoms with Gasteiger partial charge in [0.05, 0.1) is 0 Å². The summed E-state index contributed by atoms with van der Waals surface area (Å²) in [6, 6.07) is 0.511. The van der Waals surface area contributed by atoms with E-state index in [0.717, 1.165) is 19.3 Å². The van der Waals surface area contributed by atoms with Crippen LogP contribution < -0.4 is 5.32 Å². The van der Waals surface area contributed by atoms with Gasteiger partial charge in [-0.25, -0.2) is 4.79 Å². The van der Waals surface area contributed by atoms with Crippen LogP contribution in [0.4, 0.5) is 4.79 Å². The summed E-state index contributed by atoms with van der Waals surface area (Å²) in [6.07, 6.45) is 3.26. The SMILES string of the molecule is CCC(C)(C)N(C)C(=O)NC1CC1. The minimum atomic E-state index is -0.0427. The molecule has 1 rings (SSSR count). The molecule has 3 nitrogen and oxygen atoms in total. The fraction of sp³-hybridized carbons (Fsp3) is 0.900. The summed E-state index contributed by atoms with van der Waals surface area (Å²) in [5.41, 5.74) is -0.0427. The first-order valence-electron chi connectivity index (χ1n) is 5.01. The maximum absolute atomic E-state index is 11.6. The Hall–Kier alpha value is -0.730. The van der Waals surface area contributed by atoms with Gasteiger partial charge in [-0.3, -0.25) is 0 Å². The second-order valence-electron chi connectivity index (χ2n) is 4.45. The van der Waals surface area contributed by atoms with Crippen molar-refractivity contribution < 1.29 is 4.79 Å². The minimum absolute atomic E-state index is 0.0427. The molecule has 3 heteroatoms. The van der Waals surface area contributed by atoms with Crippen molar-refractivity contribution in [1.29, 1.82) is 0 Å². The van der Waals surface area contributed by atoms with Crippen molar-refractivity contribution in [3.05, 3.63) is 0 Å². The van der Waals surface area contributed by atoms with Crippen molar-refractivity contribution in [3.8, 4) is 0 Å². The van der Waals surface area contributed by atoms with Crippen LogP contribution >= 0.6 is 0 Å². The lowest BCUT2D eigenvalue weighted by atomic mass is 10.0. The maximum atomic E-state index is 11.6. The van der Waals surface area contributed by atoms with E-state index in [1.165, 1.54) is 0 Å². The number of hydrogen-bond donors (Lipinski definition) is 1. The molecule has 0 bridgehead atoms. The van der Waals surface area contributed by atoms with Crippen molar-refractivity contribution in [1.82, 2.24) is 10.2 Å². The molecule has 1 N–H and O–H groups in total. The number of carbonyl (C=O) groups is 1. The number of carbonyl (C=O) groups excluding carboxylic acids is 1. The van der Waals surface area contributed by atoms with Gasteiger partial charge in [-0.05, 0) is 33.1 Å². The molecule has 1 aliphatic carbocycles. The summed E-state index contributed by atoms with van der Waals surface area (Å²) < 4.78 is 0. The molecule has 0 radical (unpaired) electrons. The third kappa shape index (κ3) is 2.61. The third-order valence-electron chi connectivity index (χ3n) is 2.98. The summed E-state index contributed by atoms with van der Waals surface area (Å²) in [5.74, 6) is 0. The fourth-order valence-electron chi connectivity index (χ4n) is 1.01. The van der Waals surface area contributed by atoms with Gasteiger partial charge in [0.25, 0.3) is 0 Å². The Balaban J connectivity index is 2.44. The number of nitrogens with one attached hydrogen (secondary N) is 1. The molecular weight excluding hydrogens is 164 g/mol. The molecule has 0 aromatic rings. The number of hydrogen-bond acceptors (Lipinski definition) is 1. The van der Waals surface area contributed by atoms with Crippen LogP contribution in [-0.4, -0.2) is 29.6 Å². The zero-order valence-corrected chi connectivity index (χ0v) is 9.05. The standard InChI is InChI=1S/C10H20N2O/c1-5-10(2,3)12(4)9(13)11-8-6-7-8/h8H,5-7H2,1-4H3,(H,11,13). The third-order valence-corrected chi connectivity index (χ3v) is 2.98. The van der Waals surface area contributed by atoms with Gasteiger partial charge in [0.2, 0.25) is 0 Å². The van der Waals surface area contributed by atoms with Crippen LogP contribution in [0.5, 0.6) is 0 Å². The van der Waals surface area contributed by atoms with Crippen LogP contribution in [0, 0.1) is 0 Å². The van der Waals surface area contributed by atoms with Crippen molar-refractivity contribution in [2.45, 2.75) is 51.6 Å². The number of amides is 2. The molecule has 0 spiro atoms. The molecule has 76 valence electrons. The van der Waals surface area contributed by atoms with Gasteiger partial charge in [-0.15, -0.1) is 0 Å². The zero-order chi connectivity index (χ0) is 10.1. The summed E-state index contributed by atoms with van der Waals surface area (Å²) in [4.78, 5) is 13.4. The first kappa shape index (κ1) is 10.4. The highest BCUT2D eigenvalue weighted by Gasteiger charge is 2.30. The molecule has 1 saturated carbocycles. The van der Waals surface area contributed by atoms with Crippen molar-refractivity contribution >= 4 is 6.03 Å². The summed E-state index contributed by atoms with van der Waals surface area (Å²) in [7, 11) is 1.86. The van der Waals surface area contributed by atoms with E-state index >= 15 is 0 Å². The van der Waals surface area contributed by atoms with Gasteiger partial charge in [0.15, 0.2) is 0 Å². The van der Waals surface area contributed by atoms with Crippen LogP contribution in [0.15, 0.2) is 0 Å². The minimum Gasteiger partial charge on any atom is -0.335 e. The van der Waals surface area contributed by atoms with Gasteiger partial charge in [0, 0.05) is 18.6 Å². The molecule has 0 aromatic heterocycles. The molecule has 0 atom stereocenters. The summed E-state index contributed by atoms with van der Waals surface area (Å²) >= 11 is 0. The van der Waals surface area contributed by atoms with Crippen LogP contribution in [0.25, 0.3) is 0 Å². The Morgan fingerprint density at radius 2 is 2.08 bits per heavy atom. The number of urea groups is 1. The quantitative estimate of drug-likeness (QED) is 0.714. The average molecular weight is 184 g/mol. The Kier molecular flexibility index (Phi) is 2.84. The van der Waals surface area contributed by atoms with Gasteiger partial charge in [-0.1, -0.05) is 6.92 Å². The van der Waals surface area contributed by atoms with Gasteiger partial charge in [0.1, 0.15) is 0 Å². The first-order chi connectivity index (χ1) is 5.97. The average Bonchev–Trinajstić information content (AvgIpc) is 2.86. The lowest BCUT2D eigenvalue weighted by molar-refractivity contribution is 0.152. The van der Waals surface area contributed by atoms with Gasteiger partial charge >= 0.3 is 6.03 Å². The highest BCUT2D eigenvalue weighted by atomic mass is 16.2. The molecule has 0 aromatic carbocycles. The van der Waals surface area contributed by atoms with E-state index in [2.05, 4.69) is 26.1 Å². The van der Waals surface area contributed by atoms with Crippen LogP contribution in [0.2, 0.25) is 0 Å². The predicted molar refractivity (Wildman–Crippen MR) is 53.7 cm³/mol. The van der Waals surface area contributed by atoms with Gasteiger partial charge < -0.3 is 10.2 Å². The Morgan fingerprint density at radius 1 is 1.54 bits per heavy atom. The van der Waals surface area contributed by atoms with Crippen LogP contribution in [0.1, 0.15) is 40.0 Å². The molecule has 1 aliphatic rings. The van der Waals surface area contributed by atoms with Crippen LogP contribution in [-0.2, 0) is 0 Å².